The van der Waals surface area contributed by atoms with Crippen molar-refractivity contribution in [3.63, 3.8) is 0 Å². The van der Waals surface area contributed by atoms with Crippen LogP contribution in [-0.2, 0) is 4.79 Å². The monoisotopic (exact) mass is 367 g/mol. The highest BCUT2D eigenvalue weighted by atomic mass is 32.2. The summed E-state index contributed by atoms with van der Waals surface area (Å²) in [4.78, 5) is 13.9. The number of carbonyl (C=O) groups is 1. The zero-order chi connectivity index (χ0) is 18.7. The number of amides is 1. The SMILES string of the molecule is Cc1ccc(SC(C)(C)C(=O)NC2=CC(c3ccccc3)NN2C)cc1. The number of carbonyl (C=O) groups excluding carboxylic acids is 1. The summed E-state index contributed by atoms with van der Waals surface area (Å²) in [6.45, 7) is 5.96. The van der Waals surface area contributed by atoms with Crippen molar-refractivity contribution in [3.8, 4) is 0 Å². The van der Waals surface area contributed by atoms with E-state index >= 15 is 0 Å². The minimum atomic E-state index is -0.582. The summed E-state index contributed by atoms with van der Waals surface area (Å²) in [6, 6.07) is 18.5. The van der Waals surface area contributed by atoms with Crippen LogP contribution < -0.4 is 10.7 Å². The molecule has 1 aliphatic heterocycles. The summed E-state index contributed by atoms with van der Waals surface area (Å²) >= 11 is 1.57. The number of nitrogens with zero attached hydrogens (tertiary/aromatic N) is 1. The fourth-order valence-electron chi connectivity index (χ4n) is 2.76. The number of benzene rings is 2. The number of hydrogen-bond donors (Lipinski definition) is 2. The van der Waals surface area contributed by atoms with E-state index in [0.29, 0.717) is 0 Å². The first-order valence-corrected chi connectivity index (χ1v) is 9.50. The standard InChI is InChI=1S/C21H25N3OS/c1-15-10-12-17(13-11-15)26-21(2,3)20(25)22-19-14-18(23-24(19)4)16-8-6-5-7-9-16/h5-14,18,23H,1-4H3,(H,22,25). The Labute approximate surface area is 159 Å². The van der Waals surface area contributed by atoms with E-state index in [2.05, 4.69) is 54.1 Å². The Balaban J connectivity index is 1.68. The van der Waals surface area contributed by atoms with Gasteiger partial charge in [-0.1, -0.05) is 48.0 Å². The van der Waals surface area contributed by atoms with Gasteiger partial charge in [-0.25, -0.2) is 5.43 Å². The second kappa shape index (κ2) is 7.56. The highest BCUT2D eigenvalue weighted by Crippen LogP contribution is 2.33. The van der Waals surface area contributed by atoms with Crippen LogP contribution in [0, 0.1) is 6.92 Å². The number of rotatable bonds is 5. The van der Waals surface area contributed by atoms with Crippen LogP contribution in [0.15, 0.2) is 71.4 Å². The number of aryl methyl sites for hydroxylation is 1. The molecule has 0 bridgehead atoms. The quantitative estimate of drug-likeness (QED) is 0.784. The van der Waals surface area contributed by atoms with Gasteiger partial charge in [-0.2, -0.15) is 0 Å². The van der Waals surface area contributed by atoms with Crippen molar-refractivity contribution in [3.05, 3.63) is 77.6 Å². The van der Waals surface area contributed by atoms with Crippen LogP contribution in [0.4, 0.5) is 0 Å². The smallest absolute Gasteiger partial charge is 0.241 e. The molecule has 0 aromatic heterocycles. The summed E-state index contributed by atoms with van der Waals surface area (Å²) in [6.07, 6.45) is 2.04. The van der Waals surface area contributed by atoms with Crippen LogP contribution in [0.2, 0.25) is 0 Å². The third kappa shape index (κ3) is 4.29. The van der Waals surface area contributed by atoms with E-state index in [1.807, 2.05) is 50.2 Å². The second-order valence-corrected chi connectivity index (χ2v) is 8.70. The van der Waals surface area contributed by atoms with Gasteiger partial charge in [0.2, 0.25) is 5.91 Å². The van der Waals surface area contributed by atoms with Crippen LogP contribution in [0.5, 0.6) is 0 Å². The van der Waals surface area contributed by atoms with Crippen molar-refractivity contribution < 1.29 is 4.79 Å². The molecule has 136 valence electrons. The molecule has 0 aliphatic carbocycles. The molecule has 0 saturated heterocycles. The van der Waals surface area contributed by atoms with Crippen LogP contribution in [0.25, 0.3) is 0 Å². The van der Waals surface area contributed by atoms with E-state index in [4.69, 9.17) is 0 Å². The predicted octanol–water partition coefficient (Wildman–Crippen LogP) is 4.01. The fourth-order valence-corrected chi connectivity index (χ4v) is 3.76. The number of nitrogens with one attached hydrogen (secondary N) is 2. The third-order valence-corrected chi connectivity index (χ3v) is 5.56. The van der Waals surface area contributed by atoms with Gasteiger partial charge in [-0.3, -0.25) is 9.80 Å². The molecule has 1 amide bonds. The Hall–Kier alpha value is -2.24. The summed E-state index contributed by atoms with van der Waals surface area (Å²) in [7, 11) is 1.91. The maximum Gasteiger partial charge on any atom is 0.241 e. The van der Waals surface area contributed by atoms with E-state index in [1.165, 1.54) is 5.56 Å². The van der Waals surface area contributed by atoms with Crippen LogP contribution >= 0.6 is 11.8 Å². The lowest BCUT2D eigenvalue weighted by Gasteiger charge is -2.25. The minimum absolute atomic E-state index is 0.0170. The average Bonchev–Trinajstić information content (AvgIpc) is 2.98. The third-order valence-electron chi connectivity index (χ3n) is 4.36. The predicted molar refractivity (Wildman–Crippen MR) is 107 cm³/mol. The Morgan fingerprint density at radius 3 is 2.42 bits per heavy atom. The largest absolute Gasteiger partial charge is 0.310 e. The summed E-state index contributed by atoms with van der Waals surface area (Å²) in [5.41, 5.74) is 5.73. The first kappa shape index (κ1) is 18.5. The Bertz CT molecular complexity index is 800. The molecule has 1 aliphatic rings. The number of hydrazine groups is 1. The van der Waals surface area contributed by atoms with Gasteiger partial charge in [0.1, 0.15) is 5.82 Å². The molecule has 4 nitrogen and oxygen atoms in total. The van der Waals surface area contributed by atoms with Crippen molar-refractivity contribution in [2.75, 3.05) is 7.05 Å². The molecular formula is C21H25N3OS. The number of hydrogen-bond acceptors (Lipinski definition) is 4. The molecule has 2 aromatic rings. The minimum Gasteiger partial charge on any atom is -0.310 e. The topological polar surface area (TPSA) is 44.4 Å². The van der Waals surface area contributed by atoms with Crippen molar-refractivity contribution >= 4 is 17.7 Å². The first-order chi connectivity index (χ1) is 12.3. The van der Waals surface area contributed by atoms with Crippen molar-refractivity contribution in [1.29, 1.82) is 0 Å². The van der Waals surface area contributed by atoms with E-state index < -0.39 is 4.75 Å². The summed E-state index contributed by atoms with van der Waals surface area (Å²) in [5, 5.41) is 4.93. The van der Waals surface area contributed by atoms with E-state index in [9.17, 15) is 4.79 Å². The van der Waals surface area contributed by atoms with Crippen LogP contribution in [-0.4, -0.2) is 22.7 Å². The van der Waals surface area contributed by atoms with Crippen molar-refractivity contribution in [2.45, 2.75) is 36.5 Å². The average molecular weight is 368 g/mol. The lowest BCUT2D eigenvalue weighted by atomic mass is 10.1. The molecule has 5 heteroatoms. The Morgan fingerprint density at radius 2 is 1.77 bits per heavy atom. The van der Waals surface area contributed by atoms with Gasteiger partial charge >= 0.3 is 0 Å². The lowest BCUT2D eigenvalue weighted by Crippen LogP contribution is -2.43. The van der Waals surface area contributed by atoms with E-state index in [-0.39, 0.29) is 11.9 Å². The molecule has 1 atom stereocenters. The summed E-state index contributed by atoms with van der Waals surface area (Å²) < 4.78 is -0.582. The molecule has 0 spiro atoms. The first-order valence-electron chi connectivity index (χ1n) is 8.69. The summed E-state index contributed by atoms with van der Waals surface area (Å²) in [5.74, 6) is 0.762. The molecule has 26 heavy (non-hydrogen) atoms. The van der Waals surface area contributed by atoms with E-state index in [1.54, 1.807) is 11.8 Å². The van der Waals surface area contributed by atoms with Crippen molar-refractivity contribution in [1.82, 2.24) is 15.8 Å². The molecule has 1 unspecified atom stereocenters. The zero-order valence-corrected chi connectivity index (χ0v) is 16.4. The van der Waals surface area contributed by atoms with Crippen LogP contribution in [0.1, 0.15) is 31.0 Å². The highest BCUT2D eigenvalue weighted by Gasteiger charge is 2.32. The lowest BCUT2D eigenvalue weighted by molar-refractivity contribution is -0.122. The fraction of sp³-hybridized carbons (Fsp3) is 0.286. The normalized spacial score (nSPS) is 17.2. The van der Waals surface area contributed by atoms with Gasteiger partial charge in [0.15, 0.2) is 0 Å². The number of thioether (sulfide) groups is 1. The Kier molecular flexibility index (Phi) is 5.39. The molecule has 3 rings (SSSR count). The van der Waals surface area contributed by atoms with Gasteiger partial charge in [0, 0.05) is 11.9 Å². The maximum atomic E-state index is 12.9. The molecule has 2 N–H and O–H groups in total. The van der Waals surface area contributed by atoms with Crippen molar-refractivity contribution in [2.24, 2.45) is 0 Å². The van der Waals surface area contributed by atoms with Gasteiger partial charge < -0.3 is 5.32 Å². The Morgan fingerprint density at radius 1 is 1.12 bits per heavy atom. The zero-order valence-electron chi connectivity index (χ0n) is 15.6. The van der Waals surface area contributed by atoms with Gasteiger partial charge in [0.05, 0.1) is 10.8 Å². The van der Waals surface area contributed by atoms with Crippen LogP contribution in [0.3, 0.4) is 0 Å². The highest BCUT2D eigenvalue weighted by molar-refractivity contribution is 8.01. The van der Waals surface area contributed by atoms with Gasteiger partial charge in [-0.05, 0) is 44.5 Å². The van der Waals surface area contributed by atoms with E-state index in [0.717, 1.165) is 16.3 Å². The maximum absolute atomic E-state index is 12.9. The molecule has 0 radical (unpaired) electrons. The molecule has 2 aromatic carbocycles. The second-order valence-electron chi connectivity index (χ2n) is 7.01. The molecular weight excluding hydrogens is 342 g/mol. The molecule has 0 saturated carbocycles. The van der Waals surface area contributed by atoms with Gasteiger partial charge in [-0.15, -0.1) is 11.8 Å². The molecule has 1 heterocycles. The molecule has 0 fully saturated rings. The van der Waals surface area contributed by atoms with Gasteiger partial charge in [0.25, 0.3) is 0 Å².